The lowest BCUT2D eigenvalue weighted by Gasteiger charge is -2.13. The summed E-state index contributed by atoms with van der Waals surface area (Å²) in [7, 11) is 0. The Morgan fingerprint density at radius 2 is 1.92 bits per heavy atom. The highest BCUT2D eigenvalue weighted by Crippen LogP contribution is 2.27. The van der Waals surface area contributed by atoms with Crippen LogP contribution in [0, 0.1) is 6.92 Å². The van der Waals surface area contributed by atoms with Gasteiger partial charge in [0.25, 0.3) is 11.8 Å². The number of thiol groups is 1. The molecular formula is C16H14N2O6S. The third-order valence-electron chi connectivity index (χ3n) is 3.95. The molecule has 1 aliphatic heterocycles. The van der Waals surface area contributed by atoms with Gasteiger partial charge in [0.05, 0.1) is 12.0 Å². The topological polar surface area (TPSA) is 120 Å². The largest absolute Gasteiger partial charge is 0.422 e. The number of carbonyl (C=O) groups excluding carboxylic acids is 3. The quantitative estimate of drug-likeness (QED) is 0.363. The Morgan fingerprint density at radius 3 is 2.56 bits per heavy atom. The van der Waals surface area contributed by atoms with E-state index in [2.05, 4.69) is 12.6 Å². The minimum Gasteiger partial charge on any atom is -0.422 e. The number of anilines is 1. The van der Waals surface area contributed by atoms with E-state index in [-0.39, 0.29) is 24.0 Å². The highest BCUT2D eigenvalue weighted by atomic mass is 32.1. The number of hydrogen-bond donors (Lipinski definition) is 2. The average molecular weight is 362 g/mol. The van der Waals surface area contributed by atoms with Crippen LogP contribution in [0.5, 0.6) is 0 Å². The van der Waals surface area contributed by atoms with Crippen LogP contribution in [0.15, 0.2) is 26.2 Å². The molecule has 2 heterocycles. The lowest BCUT2D eigenvalue weighted by atomic mass is 10.0. The number of rotatable bonds is 3. The van der Waals surface area contributed by atoms with Gasteiger partial charge in [-0.3, -0.25) is 9.59 Å². The van der Waals surface area contributed by atoms with Crippen molar-refractivity contribution in [1.82, 2.24) is 5.06 Å². The minimum atomic E-state index is -0.903. The second-order valence-electron chi connectivity index (χ2n) is 5.62. The number of carbonyl (C=O) groups is 3. The highest BCUT2D eigenvalue weighted by Gasteiger charge is 2.33. The molecule has 0 spiro atoms. The number of imide groups is 1. The molecule has 0 radical (unpaired) electrons. The Hall–Kier alpha value is -2.81. The van der Waals surface area contributed by atoms with Gasteiger partial charge in [-0.25, -0.2) is 9.59 Å². The first-order valence-corrected chi connectivity index (χ1v) is 7.84. The van der Waals surface area contributed by atoms with Crippen molar-refractivity contribution >= 4 is 47.1 Å². The van der Waals surface area contributed by atoms with Crippen LogP contribution in [0.4, 0.5) is 5.69 Å². The number of nitrogens with two attached hydrogens (primary N) is 1. The minimum absolute atomic E-state index is 0.00457. The van der Waals surface area contributed by atoms with Crippen LogP contribution in [-0.4, -0.2) is 22.8 Å². The summed E-state index contributed by atoms with van der Waals surface area (Å²) in [5, 5.41) is 1.02. The van der Waals surface area contributed by atoms with Gasteiger partial charge < -0.3 is 15.0 Å². The van der Waals surface area contributed by atoms with Crippen LogP contribution in [-0.2, 0) is 25.6 Å². The van der Waals surface area contributed by atoms with E-state index in [0.717, 1.165) is 0 Å². The number of hydrogen-bond acceptors (Lipinski definition) is 8. The predicted molar refractivity (Wildman–Crippen MR) is 89.8 cm³/mol. The zero-order valence-corrected chi connectivity index (χ0v) is 14.1. The molecule has 0 unspecified atom stereocenters. The summed E-state index contributed by atoms with van der Waals surface area (Å²) in [5.74, 6) is -2.08. The van der Waals surface area contributed by atoms with Crippen molar-refractivity contribution < 1.29 is 23.6 Å². The smallest absolute Gasteiger partial charge is 0.340 e. The molecular weight excluding hydrogens is 348 g/mol. The lowest BCUT2D eigenvalue weighted by Crippen LogP contribution is -2.33. The summed E-state index contributed by atoms with van der Waals surface area (Å²) in [6.07, 6.45) is -0.446. The molecule has 25 heavy (non-hydrogen) atoms. The van der Waals surface area contributed by atoms with E-state index in [4.69, 9.17) is 15.0 Å². The molecule has 0 saturated carbocycles. The molecule has 2 N–H and O–H groups in total. The van der Waals surface area contributed by atoms with E-state index >= 15 is 0 Å². The van der Waals surface area contributed by atoms with E-state index in [1.54, 1.807) is 13.0 Å². The SMILES string of the molecule is Cc1c(CC(=O)ON2C(=O)CCC2=O)c(=O)oc2cc(N)c(S)cc12. The van der Waals surface area contributed by atoms with Gasteiger partial charge in [-0.2, -0.15) is 0 Å². The van der Waals surface area contributed by atoms with Crippen molar-refractivity contribution in [2.75, 3.05) is 5.73 Å². The summed E-state index contributed by atoms with van der Waals surface area (Å²) in [5.41, 5.74) is 6.25. The summed E-state index contributed by atoms with van der Waals surface area (Å²) in [6, 6.07) is 3.12. The molecule has 2 aromatic rings. The van der Waals surface area contributed by atoms with Crippen LogP contribution in [0.3, 0.4) is 0 Å². The van der Waals surface area contributed by atoms with Crippen LogP contribution >= 0.6 is 12.6 Å². The first kappa shape index (κ1) is 17.0. The second kappa shape index (κ2) is 6.25. The van der Waals surface area contributed by atoms with Gasteiger partial charge in [-0.1, -0.05) is 0 Å². The average Bonchev–Trinajstić information content (AvgIpc) is 2.85. The number of aryl methyl sites for hydroxylation is 1. The van der Waals surface area contributed by atoms with Gasteiger partial charge in [-0.15, -0.1) is 17.7 Å². The molecule has 1 aromatic carbocycles. The zero-order chi connectivity index (χ0) is 18.3. The third-order valence-corrected chi connectivity index (χ3v) is 4.34. The van der Waals surface area contributed by atoms with Gasteiger partial charge in [0, 0.05) is 34.9 Å². The Kier molecular flexibility index (Phi) is 4.25. The zero-order valence-electron chi connectivity index (χ0n) is 13.2. The van der Waals surface area contributed by atoms with Crippen molar-refractivity contribution in [3.05, 3.63) is 33.7 Å². The van der Waals surface area contributed by atoms with E-state index in [0.29, 0.717) is 26.6 Å². The lowest BCUT2D eigenvalue weighted by molar-refractivity contribution is -0.197. The molecule has 8 nitrogen and oxygen atoms in total. The van der Waals surface area contributed by atoms with Crippen LogP contribution in [0.25, 0.3) is 11.0 Å². The van der Waals surface area contributed by atoms with Crippen molar-refractivity contribution in [2.24, 2.45) is 0 Å². The maximum absolute atomic E-state index is 12.2. The first-order chi connectivity index (χ1) is 11.8. The number of nitrogens with zero attached hydrogens (tertiary/aromatic N) is 1. The van der Waals surface area contributed by atoms with Crippen LogP contribution < -0.4 is 11.4 Å². The van der Waals surface area contributed by atoms with Crippen LogP contribution in [0.2, 0.25) is 0 Å². The monoisotopic (exact) mass is 362 g/mol. The molecule has 3 rings (SSSR count). The van der Waals surface area contributed by atoms with Gasteiger partial charge in [-0.05, 0) is 18.6 Å². The van der Waals surface area contributed by atoms with Crippen LogP contribution in [0.1, 0.15) is 24.0 Å². The number of amides is 2. The van der Waals surface area contributed by atoms with Crippen molar-refractivity contribution in [3.8, 4) is 0 Å². The van der Waals surface area contributed by atoms with Gasteiger partial charge in [0.2, 0.25) is 0 Å². The third kappa shape index (κ3) is 3.10. The van der Waals surface area contributed by atoms with Crippen molar-refractivity contribution in [3.63, 3.8) is 0 Å². The molecule has 1 aliphatic rings. The molecule has 9 heteroatoms. The fourth-order valence-electron chi connectivity index (χ4n) is 2.58. The number of nitrogen functional groups attached to an aromatic ring is 1. The Morgan fingerprint density at radius 1 is 1.28 bits per heavy atom. The highest BCUT2D eigenvalue weighted by molar-refractivity contribution is 7.80. The Bertz CT molecular complexity index is 965. The fraction of sp³-hybridized carbons (Fsp3) is 0.250. The normalized spacial score (nSPS) is 14.4. The van der Waals surface area contributed by atoms with Crippen molar-refractivity contribution in [2.45, 2.75) is 31.1 Å². The number of fused-ring (bicyclic) bond motifs is 1. The Labute approximate surface area is 146 Å². The van der Waals surface area contributed by atoms with E-state index in [9.17, 15) is 19.2 Å². The van der Waals surface area contributed by atoms with E-state index in [1.807, 2.05) is 0 Å². The standard InChI is InChI=1S/C16H14N2O6S/c1-7-8-4-12(25)10(17)6-11(8)23-16(22)9(7)5-15(21)24-18-13(19)2-3-14(18)20/h4,6,25H,2-3,5,17H2,1H3. The van der Waals surface area contributed by atoms with Gasteiger partial charge >= 0.3 is 11.6 Å². The summed E-state index contributed by atoms with van der Waals surface area (Å²) >= 11 is 4.23. The second-order valence-corrected chi connectivity index (χ2v) is 6.10. The number of benzene rings is 1. The summed E-state index contributed by atoms with van der Waals surface area (Å²) in [4.78, 5) is 52.5. The summed E-state index contributed by atoms with van der Waals surface area (Å²) < 4.78 is 5.20. The molecule has 1 fully saturated rings. The molecule has 0 bridgehead atoms. The molecule has 0 atom stereocenters. The van der Waals surface area contributed by atoms with E-state index < -0.39 is 29.8 Å². The van der Waals surface area contributed by atoms with E-state index in [1.165, 1.54) is 6.07 Å². The summed E-state index contributed by atoms with van der Waals surface area (Å²) in [6.45, 7) is 1.65. The maximum atomic E-state index is 12.2. The molecule has 130 valence electrons. The molecule has 0 aliphatic carbocycles. The Balaban J connectivity index is 1.92. The van der Waals surface area contributed by atoms with Crippen molar-refractivity contribution in [1.29, 1.82) is 0 Å². The molecule has 1 saturated heterocycles. The predicted octanol–water partition coefficient (Wildman–Crippen LogP) is 1.12. The van der Waals surface area contributed by atoms with Gasteiger partial charge in [0.1, 0.15) is 5.58 Å². The van der Waals surface area contributed by atoms with Gasteiger partial charge in [0.15, 0.2) is 0 Å². The fourth-order valence-corrected chi connectivity index (χ4v) is 2.77. The molecule has 2 amide bonds. The first-order valence-electron chi connectivity index (χ1n) is 7.39. The molecule has 1 aromatic heterocycles. The number of hydroxylamine groups is 2. The maximum Gasteiger partial charge on any atom is 0.340 e.